The third-order valence-corrected chi connectivity index (χ3v) is 3.06. The first-order chi connectivity index (χ1) is 8.75. The molecule has 1 heterocycles. The van der Waals surface area contributed by atoms with E-state index in [0.29, 0.717) is 18.5 Å². The highest BCUT2D eigenvalue weighted by molar-refractivity contribution is 5.87. The lowest BCUT2D eigenvalue weighted by atomic mass is 10.1. The van der Waals surface area contributed by atoms with Crippen LogP contribution in [0.15, 0.2) is 24.3 Å². The van der Waals surface area contributed by atoms with Crippen LogP contribution >= 0.6 is 0 Å². The summed E-state index contributed by atoms with van der Waals surface area (Å²) in [6.45, 7) is 1.54. The quantitative estimate of drug-likeness (QED) is 0.789. The number of carboxylic acid groups (broad SMARTS) is 1. The largest absolute Gasteiger partial charge is 0.494 e. The van der Waals surface area contributed by atoms with E-state index in [4.69, 9.17) is 14.6 Å². The highest BCUT2D eigenvalue weighted by Gasteiger charge is 2.14. The zero-order valence-corrected chi connectivity index (χ0v) is 10.3. The zero-order chi connectivity index (χ0) is 12.8. The van der Waals surface area contributed by atoms with E-state index < -0.39 is 5.97 Å². The van der Waals surface area contributed by atoms with Crippen LogP contribution in [0.1, 0.15) is 36.0 Å². The van der Waals surface area contributed by atoms with Crippen molar-refractivity contribution in [3.63, 3.8) is 0 Å². The predicted octanol–water partition coefficient (Wildman–Crippen LogP) is 2.72. The molecule has 4 heteroatoms. The van der Waals surface area contributed by atoms with Crippen molar-refractivity contribution in [1.82, 2.24) is 0 Å². The normalized spacial score (nSPS) is 18.8. The van der Waals surface area contributed by atoms with E-state index >= 15 is 0 Å². The standard InChI is InChI=1S/C14H18O4/c15-14(16)11-5-7-13(8-6-11)18-10-2-4-12-3-1-9-17-12/h5-8,12H,1-4,9-10H2,(H,15,16). The number of ether oxygens (including phenoxy) is 2. The van der Waals surface area contributed by atoms with Crippen LogP contribution in [0.4, 0.5) is 0 Å². The van der Waals surface area contributed by atoms with Gasteiger partial charge >= 0.3 is 5.97 Å². The average molecular weight is 250 g/mol. The molecule has 0 spiro atoms. The van der Waals surface area contributed by atoms with Gasteiger partial charge in [-0.2, -0.15) is 0 Å². The van der Waals surface area contributed by atoms with Crippen molar-refractivity contribution in [3.8, 4) is 5.75 Å². The smallest absolute Gasteiger partial charge is 0.335 e. The first-order valence-electron chi connectivity index (χ1n) is 6.33. The average Bonchev–Trinajstić information content (AvgIpc) is 2.88. The molecule has 1 aliphatic heterocycles. The van der Waals surface area contributed by atoms with Gasteiger partial charge in [-0.1, -0.05) is 0 Å². The number of carboxylic acids is 1. The molecular weight excluding hydrogens is 232 g/mol. The highest BCUT2D eigenvalue weighted by Crippen LogP contribution is 2.17. The molecule has 0 aliphatic carbocycles. The molecule has 0 radical (unpaired) electrons. The lowest BCUT2D eigenvalue weighted by Crippen LogP contribution is -2.07. The minimum absolute atomic E-state index is 0.279. The first-order valence-corrected chi connectivity index (χ1v) is 6.33. The number of carbonyl (C=O) groups is 1. The number of rotatable bonds is 6. The van der Waals surface area contributed by atoms with Crippen molar-refractivity contribution >= 4 is 5.97 Å². The van der Waals surface area contributed by atoms with Gasteiger partial charge in [-0.05, 0) is 49.9 Å². The summed E-state index contributed by atoms with van der Waals surface area (Å²) in [5.41, 5.74) is 0.279. The van der Waals surface area contributed by atoms with Crippen LogP contribution in [-0.4, -0.2) is 30.4 Å². The summed E-state index contributed by atoms with van der Waals surface area (Å²) in [5.74, 6) is -0.202. The van der Waals surface area contributed by atoms with Gasteiger partial charge in [0.15, 0.2) is 0 Å². The Labute approximate surface area is 107 Å². The van der Waals surface area contributed by atoms with Gasteiger partial charge in [-0.15, -0.1) is 0 Å². The number of aromatic carboxylic acids is 1. The van der Waals surface area contributed by atoms with E-state index in [-0.39, 0.29) is 5.56 Å². The monoisotopic (exact) mass is 250 g/mol. The Bertz CT molecular complexity index is 379. The molecule has 0 amide bonds. The van der Waals surface area contributed by atoms with Crippen molar-refractivity contribution in [2.45, 2.75) is 31.8 Å². The van der Waals surface area contributed by atoms with E-state index in [2.05, 4.69) is 0 Å². The molecular formula is C14H18O4. The summed E-state index contributed by atoms with van der Waals surface area (Å²) in [5, 5.41) is 8.76. The van der Waals surface area contributed by atoms with Crippen LogP contribution in [0.25, 0.3) is 0 Å². The maximum Gasteiger partial charge on any atom is 0.335 e. The summed E-state index contributed by atoms with van der Waals surface area (Å²) in [6, 6.07) is 6.49. The molecule has 1 N–H and O–H groups in total. The van der Waals surface area contributed by atoms with E-state index in [9.17, 15) is 4.79 Å². The van der Waals surface area contributed by atoms with Crippen molar-refractivity contribution in [3.05, 3.63) is 29.8 Å². The van der Waals surface area contributed by atoms with Crippen molar-refractivity contribution in [1.29, 1.82) is 0 Å². The molecule has 1 aromatic carbocycles. The second-order valence-corrected chi connectivity index (χ2v) is 4.46. The van der Waals surface area contributed by atoms with Crippen LogP contribution in [0.5, 0.6) is 5.75 Å². The maximum absolute atomic E-state index is 10.7. The summed E-state index contributed by atoms with van der Waals surface area (Å²) >= 11 is 0. The van der Waals surface area contributed by atoms with E-state index in [0.717, 1.165) is 25.9 Å². The minimum Gasteiger partial charge on any atom is -0.494 e. The van der Waals surface area contributed by atoms with Crippen molar-refractivity contribution < 1.29 is 19.4 Å². The Hall–Kier alpha value is -1.55. The fourth-order valence-electron chi connectivity index (χ4n) is 2.07. The third-order valence-electron chi connectivity index (χ3n) is 3.06. The Kier molecular flexibility index (Phi) is 4.59. The van der Waals surface area contributed by atoms with Gasteiger partial charge in [-0.25, -0.2) is 4.79 Å². The van der Waals surface area contributed by atoms with Crippen LogP contribution < -0.4 is 4.74 Å². The minimum atomic E-state index is -0.917. The molecule has 1 unspecified atom stereocenters. The predicted molar refractivity (Wildman–Crippen MR) is 67.1 cm³/mol. The first kappa shape index (κ1) is 12.9. The molecule has 0 saturated carbocycles. The van der Waals surface area contributed by atoms with Gasteiger partial charge in [0.2, 0.25) is 0 Å². The van der Waals surface area contributed by atoms with Gasteiger partial charge in [-0.3, -0.25) is 0 Å². The fraction of sp³-hybridized carbons (Fsp3) is 0.500. The topological polar surface area (TPSA) is 55.8 Å². The summed E-state index contributed by atoms with van der Waals surface area (Å²) < 4.78 is 11.1. The fourth-order valence-corrected chi connectivity index (χ4v) is 2.07. The lowest BCUT2D eigenvalue weighted by molar-refractivity contribution is 0.0696. The molecule has 0 aromatic heterocycles. The SMILES string of the molecule is O=C(O)c1ccc(OCCCC2CCCO2)cc1. The number of benzene rings is 1. The molecule has 0 bridgehead atoms. The van der Waals surface area contributed by atoms with Crippen LogP contribution in [0.3, 0.4) is 0 Å². The van der Waals surface area contributed by atoms with Gasteiger partial charge in [0.1, 0.15) is 5.75 Å². The van der Waals surface area contributed by atoms with Crippen molar-refractivity contribution in [2.75, 3.05) is 13.2 Å². The molecule has 1 aliphatic rings. The molecule has 1 saturated heterocycles. The number of hydrogen-bond donors (Lipinski definition) is 1. The second-order valence-electron chi connectivity index (χ2n) is 4.46. The molecule has 4 nitrogen and oxygen atoms in total. The highest BCUT2D eigenvalue weighted by atomic mass is 16.5. The molecule has 2 rings (SSSR count). The van der Waals surface area contributed by atoms with Crippen molar-refractivity contribution in [2.24, 2.45) is 0 Å². The molecule has 98 valence electrons. The maximum atomic E-state index is 10.7. The van der Waals surface area contributed by atoms with E-state index in [1.807, 2.05) is 0 Å². The lowest BCUT2D eigenvalue weighted by Gasteiger charge is -2.10. The van der Waals surface area contributed by atoms with Gasteiger partial charge in [0, 0.05) is 6.61 Å². The molecule has 1 atom stereocenters. The molecule has 1 fully saturated rings. The Morgan fingerprint density at radius 1 is 1.39 bits per heavy atom. The van der Waals surface area contributed by atoms with Crippen LogP contribution in [0.2, 0.25) is 0 Å². The molecule has 18 heavy (non-hydrogen) atoms. The summed E-state index contributed by atoms with van der Waals surface area (Å²) in [7, 11) is 0. The Morgan fingerprint density at radius 3 is 2.78 bits per heavy atom. The second kappa shape index (κ2) is 6.40. The Morgan fingerprint density at radius 2 is 2.17 bits per heavy atom. The van der Waals surface area contributed by atoms with Gasteiger partial charge in [0.05, 0.1) is 18.3 Å². The third kappa shape index (κ3) is 3.74. The van der Waals surface area contributed by atoms with Gasteiger partial charge in [0.25, 0.3) is 0 Å². The molecule has 1 aromatic rings. The van der Waals surface area contributed by atoms with E-state index in [1.54, 1.807) is 24.3 Å². The zero-order valence-electron chi connectivity index (χ0n) is 10.3. The van der Waals surface area contributed by atoms with E-state index in [1.165, 1.54) is 6.42 Å². The van der Waals surface area contributed by atoms with Crippen LogP contribution in [-0.2, 0) is 4.74 Å². The Balaban J connectivity index is 1.68. The summed E-state index contributed by atoms with van der Waals surface area (Å²) in [6.07, 6.45) is 4.73. The van der Waals surface area contributed by atoms with Gasteiger partial charge < -0.3 is 14.6 Å². The summed E-state index contributed by atoms with van der Waals surface area (Å²) in [4.78, 5) is 10.7. The van der Waals surface area contributed by atoms with Crippen LogP contribution in [0, 0.1) is 0 Å². The number of hydrogen-bond acceptors (Lipinski definition) is 3.